The molecule has 0 radical (unpaired) electrons. The third-order valence-corrected chi connectivity index (χ3v) is 9.29. The van der Waals surface area contributed by atoms with Crippen molar-refractivity contribution in [1.29, 1.82) is 5.41 Å². The van der Waals surface area contributed by atoms with Crippen molar-refractivity contribution in [2.75, 3.05) is 13.1 Å². The van der Waals surface area contributed by atoms with E-state index in [1.807, 2.05) is 6.07 Å². The van der Waals surface area contributed by atoms with Gasteiger partial charge in [-0.3, -0.25) is 5.41 Å². The number of aromatic hydroxyl groups is 1. The van der Waals surface area contributed by atoms with Crippen LogP contribution in [0, 0.1) is 17.2 Å². The molecule has 2 atom stereocenters. The molecule has 1 saturated carbocycles. The second kappa shape index (κ2) is 8.50. The van der Waals surface area contributed by atoms with Crippen LogP contribution in [0.2, 0.25) is 0 Å². The van der Waals surface area contributed by atoms with Crippen molar-refractivity contribution in [3.63, 3.8) is 0 Å². The Morgan fingerprint density at radius 1 is 1.17 bits per heavy atom. The first-order chi connectivity index (χ1) is 14.2. The van der Waals surface area contributed by atoms with Crippen LogP contribution in [0.5, 0.6) is 5.75 Å². The molecule has 7 heteroatoms. The van der Waals surface area contributed by atoms with Gasteiger partial charge in [0.1, 0.15) is 5.75 Å². The van der Waals surface area contributed by atoms with Crippen molar-refractivity contribution in [3.05, 3.63) is 29.3 Å². The van der Waals surface area contributed by atoms with E-state index in [1.54, 1.807) is 19.9 Å². The topological polar surface area (TPSA) is 93.5 Å². The van der Waals surface area contributed by atoms with Crippen LogP contribution >= 0.6 is 0 Å². The van der Waals surface area contributed by atoms with Gasteiger partial charge >= 0.3 is 0 Å². The highest BCUT2D eigenvalue weighted by Crippen LogP contribution is 2.44. The average Bonchev–Trinajstić information content (AvgIpc) is 3.02. The molecule has 3 aliphatic rings. The monoisotopic (exact) mass is 433 g/mol. The molecule has 30 heavy (non-hydrogen) atoms. The van der Waals surface area contributed by atoms with E-state index in [4.69, 9.17) is 5.41 Å². The molecule has 1 aromatic carbocycles. The second-order valence-corrected chi connectivity index (χ2v) is 12.0. The van der Waals surface area contributed by atoms with Crippen molar-refractivity contribution < 1.29 is 13.5 Å². The van der Waals surface area contributed by atoms with Gasteiger partial charge in [-0.2, -0.15) is 0 Å². The standard InChI is InChI=1S/C23H35N3O3S/c1-15(2)30(28,29)25-13-16-3-5-17(6-4-16)14-26-22-10-7-18-11-19(27)8-9-20(18)21(22)12-23(26)24/h8-9,11,15-17,21-22,24-25,27H,3-7,10,12-14H2,1-2H3/t16?,17?,21-,22+/m0/s1. The minimum atomic E-state index is -3.18. The van der Waals surface area contributed by atoms with Crippen LogP contribution in [-0.4, -0.2) is 48.6 Å². The highest BCUT2D eigenvalue weighted by atomic mass is 32.2. The third-order valence-electron chi connectivity index (χ3n) is 7.48. The van der Waals surface area contributed by atoms with Crippen molar-refractivity contribution >= 4 is 15.9 Å². The summed E-state index contributed by atoms with van der Waals surface area (Å²) in [6.07, 6.45) is 7.16. The smallest absolute Gasteiger partial charge is 0.213 e. The highest BCUT2D eigenvalue weighted by molar-refractivity contribution is 7.90. The number of phenolic OH excluding ortho intramolecular Hbond substituents is 1. The fraction of sp³-hybridized carbons (Fsp3) is 0.696. The number of hydrogen-bond acceptors (Lipinski definition) is 4. The van der Waals surface area contributed by atoms with Crippen LogP contribution in [0.3, 0.4) is 0 Å². The molecule has 0 amide bonds. The third kappa shape index (κ3) is 4.37. The zero-order valence-electron chi connectivity index (χ0n) is 18.1. The predicted molar refractivity (Wildman–Crippen MR) is 120 cm³/mol. The molecule has 0 aromatic heterocycles. The van der Waals surface area contributed by atoms with Gasteiger partial charge in [0.15, 0.2) is 0 Å². The summed E-state index contributed by atoms with van der Waals surface area (Å²) < 4.78 is 26.8. The summed E-state index contributed by atoms with van der Waals surface area (Å²) in [7, 11) is -3.18. The number of rotatable bonds is 6. The van der Waals surface area contributed by atoms with Crippen molar-refractivity contribution in [3.8, 4) is 5.75 Å². The molecule has 3 N–H and O–H groups in total. The summed E-state index contributed by atoms with van der Waals surface area (Å²) in [6, 6.07) is 6.14. The number of nitrogens with one attached hydrogen (secondary N) is 2. The Morgan fingerprint density at radius 2 is 1.87 bits per heavy atom. The molecule has 0 unspecified atom stereocenters. The van der Waals surface area contributed by atoms with E-state index in [0.717, 1.165) is 57.3 Å². The number of sulfonamides is 1. The minimum Gasteiger partial charge on any atom is -0.508 e. The zero-order valence-corrected chi connectivity index (χ0v) is 18.9. The van der Waals surface area contributed by atoms with Gasteiger partial charge in [-0.1, -0.05) is 6.07 Å². The van der Waals surface area contributed by atoms with Crippen LogP contribution in [0.25, 0.3) is 0 Å². The normalized spacial score (nSPS) is 29.2. The van der Waals surface area contributed by atoms with E-state index in [2.05, 4.69) is 15.7 Å². The molecule has 0 spiro atoms. The fourth-order valence-electron chi connectivity index (χ4n) is 5.57. The van der Waals surface area contributed by atoms with Crippen molar-refractivity contribution in [1.82, 2.24) is 9.62 Å². The lowest BCUT2D eigenvalue weighted by molar-refractivity contribution is 0.197. The fourth-order valence-corrected chi connectivity index (χ4v) is 6.37. The lowest BCUT2D eigenvalue weighted by Crippen LogP contribution is -2.41. The van der Waals surface area contributed by atoms with Gasteiger partial charge in [-0.25, -0.2) is 13.1 Å². The summed E-state index contributed by atoms with van der Waals surface area (Å²) in [5.41, 5.74) is 2.56. The number of amidine groups is 1. The van der Waals surface area contributed by atoms with E-state index >= 15 is 0 Å². The molecule has 2 aliphatic carbocycles. The molecule has 4 rings (SSSR count). The summed E-state index contributed by atoms with van der Waals surface area (Å²) >= 11 is 0. The van der Waals surface area contributed by atoms with Gasteiger partial charge in [0, 0.05) is 31.5 Å². The maximum atomic E-state index is 12.0. The largest absolute Gasteiger partial charge is 0.508 e. The van der Waals surface area contributed by atoms with Gasteiger partial charge in [0.25, 0.3) is 0 Å². The molecule has 166 valence electrons. The van der Waals surface area contributed by atoms with E-state index in [-0.39, 0.29) is 5.25 Å². The van der Waals surface area contributed by atoms with Gasteiger partial charge in [0.2, 0.25) is 10.0 Å². The zero-order chi connectivity index (χ0) is 21.5. The molecule has 0 bridgehead atoms. The SMILES string of the molecule is CC(C)S(=O)(=O)NCC1CCC(CN2C(=N)C[C@H]3c4ccc(O)cc4CC[C@H]32)CC1. The first-order valence-corrected chi connectivity index (χ1v) is 12.9. The number of hydrogen-bond donors (Lipinski definition) is 3. The van der Waals surface area contributed by atoms with E-state index < -0.39 is 10.0 Å². The average molecular weight is 434 g/mol. The Kier molecular flexibility index (Phi) is 6.13. The number of benzene rings is 1. The van der Waals surface area contributed by atoms with Gasteiger partial charge in [-0.15, -0.1) is 0 Å². The number of fused-ring (bicyclic) bond motifs is 3. The van der Waals surface area contributed by atoms with Gasteiger partial charge in [-0.05, 0) is 87.5 Å². The molecule has 1 aliphatic heterocycles. The number of phenols is 1. The highest BCUT2D eigenvalue weighted by Gasteiger charge is 2.42. The van der Waals surface area contributed by atoms with Crippen LogP contribution in [0.15, 0.2) is 18.2 Å². The van der Waals surface area contributed by atoms with Crippen LogP contribution in [-0.2, 0) is 16.4 Å². The van der Waals surface area contributed by atoms with Gasteiger partial charge < -0.3 is 10.0 Å². The molecule has 2 fully saturated rings. The lowest BCUT2D eigenvalue weighted by Gasteiger charge is -2.37. The molecule has 6 nitrogen and oxygen atoms in total. The van der Waals surface area contributed by atoms with Crippen LogP contribution in [0.4, 0.5) is 0 Å². The van der Waals surface area contributed by atoms with Crippen molar-refractivity contribution in [2.24, 2.45) is 11.8 Å². The Bertz CT molecular complexity index is 891. The molecular formula is C23H35N3O3S. The summed E-state index contributed by atoms with van der Waals surface area (Å²) in [6.45, 7) is 4.94. The Hall–Kier alpha value is -1.60. The first-order valence-electron chi connectivity index (χ1n) is 11.4. The maximum absolute atomic E-state index is 12.0. The number of nitrogens with zero attached hydrogens (tertiary/aromatic N) is 1. The Morgan fingerprint density at radius 3 is 2.57 bits per heavy atom. The van der Waals surface area contributed by atoms with Crippen molar-refractivity contribution in [2.45, 2.75) is 76.0 Å². The Balaban J connectivity index is 1.32. The van der Waals surface area contributed by atoms with E-state index in [0.29, 0.717) is 36.1 Å². The molecule has 1 aromatic rings. The number of aryl methyl sites for hydroxylation is 1. The van der Waals surface area contributed by atoms with E-state index in [9.17, 15) is 13.5 Å². The first kappa shape index (κ1) is 21.6. The van der Waals surface area contributed by atoms with E-state index in [1.165, 1.54) is 11.1 Å². The quantitative estimate of drug-likeness (QED) is 0.639. The van der Waals surface area contributed by atoms with Gasteiger partial charge in [0.05, 0.1) is 11.1 Å². The van der Waals surface area contributed by atoms with Crippen LogP contribution in [0.1, 0.15) is 69.4 Å². The summed E-state index contributed by atoms with van der Waals surface area (Å²) in [4.78, 5) is 2.35. The molecular weight excluding hydrogens is 398 g/mol. The Labute approximate surface area is 180 Å². The predicted octanol–water partition coefficient (Wildman–Crippen LogP) is 3.61. The maximum Gasteiger partial charge on any atom is 0.213 e. The van der Waals surface area contributed by atoms with Crippen LogP contribution < -0.4 is 4.72 Å². The summed E-state index contributed by atoms with van der Waals surface area (Å²) in [5.74, 6) is 2.49. The molecule has 1 heterocycles. The molecule has 1 saturated heterocycles. The second-order valence-electron chi connectivity index (χ2n) is 9.73. The minimum absolute atomic E-state index is 0.338. The number of likely N-dealkylation sites (tertiary alicyclic amines) is 1. The lowest BCUT2D eigenvalue weighted by atomic mass is 9.78. The summed E-state index contributed by atoms with van der Waals surface area (Å²) in [5, 5.41) is 18.0.